The molecule has 1 aromatic rings. The average Bonchev–Trinajstić information content (AvgIpc) is 2.24. The Morgan fingerprint density at radius 1 is 1.56 bits per heavy atom. The number of benzene rings is 1. The van der Waals surface area contributed by atoms with Gasteiger partial charge in [-0.05, 0) is 30.6 Å². The molecule has 16 heavy (non-hydrogen) atoms. The van der Waals surface area contributed by atoms with E-state index < -0.39 is 5.97 Å². The fraction of sp³-hybridized carbons (Fsp3) is 0.364. The molecule has 0 aliphatic heterocycles. The van der Waals surface area contributed by atoms with Gasteiger partial charge in [-0.15, -0.1) is 0 Å². The maximum absolute atomic E-state index is 11.7. The van der Waals surface area contributed by atoms with E-state index in [0.717, 1.165) is 12.2 Å². The second kappa shape index (κ2) is 6.66. The molecule has 0 spiro atoms. The number of thioether (sulfide) groups is 1. The number of nitrogen functional groups attached to an aromatic ring is 1. The van der Waals surface area contributed by atoms with E-state index in [1.165, 1.54) is 0 Å². The zero-order chi connectivity index (χ0) is 12.0. The number of ether oxygens (including phenoxy) is 1. The molecule has 0 unspecified atom stereocenters. The minimum Gasteiger partial charge on any atom is -0.462 e. The molecule has 0 aliphatic carbocycles. The zero-order valence-corrected chi connectivity index (χ0v) is 10.6. The number of carbonyl (C=O) groups excluding carboxylic acids is 1. The minimum absolute atomic E-state index is 0.258. The van der Waals surface area contributed by atoms with Crippen molar-refractivity contribution in [3.63, 3.8) is 0 Å². The predicted molar refractivity (Wildman–Crippen MR) is 69.1 cm³/mol. The molecular formula is C11H14ClNO2S. The average molecular weight is 260 g/mol. The second-order valence-electron chi connectivity index (χ2n) is 3.19. The third kappa shape index (κ3) is 3.61. The SMILES string of the molecule is CSCCCOC(=O)c1c(N)cccc1Cl. The van der Waals surface area contributed by atoms with Crippen molar-refractivity contribution < 1.29 is 9.53 Å². The summed E-state index contributed by atoms with van der Waals surface area (Å²) >= 11 is 7.59. The second-order valence-corrected chi connectivity index (χ2v) is 4.58. The number of nitrogens with two attached hydrogens (primary N) is 1. The quantitative estimate of drug-likeness (QED) is 0.502. The maximum Gasteiger partial charge on any atom is 0.341 e. The molecule has 5 heteroatoms. The number of esters is 1. The van der Waals surface area contributed by atoms with Gasteiger partial charge in [0.25, 0.3) is 0 Å². The lowest BCUT2D eigenvalue weighted by Gasteiger charge is -2.07. The number of anilines is 1. The van der Waals surface area contributed by atoms with Gasteiger partial charge in [-0.25, -0.2) is 4.79 Å². The van der Waals surface area contributed by atoms with Gasteiger partial charge < -0.3 is 10.5 Å². The van der Waals surface area contributed by atoms with Crippen LogP contribution in [0.1, 0.15) is 16.8 Å². The molecule has 0 heterocycles. The van der Waals surface area contributed by atoms with Crippen LogP contribution < -0.4 is 5.73 Å². The monoisotopic (exact) mass is 259 g/mol. The summed E-state index contributed by atoms with van der Waals surface area (Å²) in [5.41, 5.74) is 6.27. The molecule has 0 aromatic heterocycles. The van der Waals surface area contributed by atoms with E-state index in [9.17, 15) is 4.79 Å². The van der Waals surface area contributed by atoms with Crippen LogP contribution in [0.15, 0.2) is 18.2 Å². The van der Waals surface area contributed by atoms with E-state index in [1.54, 1.807) is 30.0 Å². The van der Waals surface area contributed by atoms with Crippen molar-refractivity contribution in [1.29, 1.82) is 0 Å². The van der Waals surface area contributed by atoms with Gasteiger partial charge in [0.1, 0.15) is 5.56 Å². The van der Waals surface area contributed by atoms with Gasteiger partial charge >= 0.3 is 5.97 Å². The smallest absolute Gasteiger partial charge is 0.341 e. The summed E-state index contributed by atoms with van der Waals surface area (Å²) in [5.74, 6) is 0.509. The van der Waals surface area contributed by atoms with E-state index in [1.807, 2.05) is 6.26 Å². The van der Waals surface area contributed by atoms with Crippen molar-refractivity contribution >= 4 is 35.0 Å². The van der Waals surface area contributed by atoms with E-state index in [2.05, 4.69) is 0 Å². The van der Waals surface area contributed by atoms with Gasteiger partial charge in [-0.3, -0.25) is 0 Å². The van der Waals surface area contributed by atoms with Crippen molar-refractivity contribution in [2.45, 2.75) is 6.42 Å². The minimum atomic E-state index is -0.454. The Labute approximate surface area is 104 Å². The van der Waals surface area contributed by atoms with Crippen LogP contribution in [0.4, 0.5) is 5.69 Å². The Kier molecular flexibility index (Phi) is 5.49. The largest absolute Gasteiger partial charge is 0.462 e. The molecule has 0 aliphatic rings. The molecule has 0 saturated carbocycles. The van der Waals surface area contributed by atoms with Gasteiger partial charge in [0.05, 0.1) is 11.6 Å². The van der Waals surface area contributed by atoms with Crippen LogP contribution in [0, 0.1) is 0 Å². The zero-order valence-electron chi connectivity index (χ0n) is 9.03. The molecule has 2 N–H and O–H groups in total. The third-order valence-electron chi connectivity index (χ3n) is 1.98. The summed E-state index contributed by atoms with van der Waals surface area (Å²) in [6.07, 6.45) is 2.84. The Bertz CT molecular complexity index is 351. The van der Waals surface area contributed by atoms with Crippen molar-refractivity contribution in [3.05, 3.63) is 28.8 Å². The third-order valence-corrected chi connectivity index (χ3v) is 2.99. The Morgan fingerprint density at radius 3 is 2.94 bits per heavy atom. The van der Waals surface area contributed by atoms with Crippen LogP contribution in [0.2, 0.25) is 5.02 Å². The van der Waals surface area contributed by atoms with Gasteiger partial charge in [-0.1, -0.05) is 17.7 Å². The van der Waals surface area contributed by atoms with E-state index in [0.29, 0.717) is 17.3 Å². The fourth-order valence-corrected chi connectivity index (χ4v) is 1.86. The number of carbonyl (C=O) groups is 1. The molecule has 1 aromatic carbocycles. The Morgan fingerprint density at radius 2 is 2.31 bits per heavy atom. The van der Waals surface area contributed by atoms with E-state index in [-0.39, 0.29) is 5.56 Å². The molecule has 0 fully saturated rings. The highest BCUT2D eigenvalue weighted by atomic mass is 35.5. The molecule has 88 valence electrons. The van der Waals surface area contributed by atoms with Crippen molar-refractivity contribution in [3.8, 4) is 0 Å². The number of halogens is 1. The molecular weight excluding hydrogens is 246 g/mol. The van der Waals surface area contributed by atoms with Crippen LogP contribution in [0.3, 0.4) is 0 Å². The molecule has 3 nitrogen and oxygen atoms in total. The van der Waals surface area contributed by atoms with Crippen LogP contribution in [0.5, 0.6) is 0 Å². The van der Waals surface area contributed by atoms with Gasteiger partial charge in [0.15, 0.2) is 0 Å². The van der Waals surface area contributed by atoms with Crippen LogP contribution in [-0.4, -0.2) is 24.6 Å². The van der Waals surface area contributed by atoms with Crippen LogP contribution in [0.25, 0.3) is 0 Å². The van der Waals surface area contributed by atoms with Crippen LogP contribution in [-0.2, 0) is 4.74 Å². The van der Waals surface area contributed by atoms with Crippen molar-refractivity contribution in [2.75, 3.05) is 24.3 Å². The lowest BCUT2D eigenvalue weighted by molar-refractivity contribution is 0.0508. The lowest BCUT2D eigenvalue weighted by atomic mass is 10.2. The first kappa shape index (κ1) is 13.2. The first-order valence-corrected chi connectivity index (χ1v) is 6.64. The molecule has 0 bridgehead atoms. The number of hydrogen-bond donors (Lipinski definition) is 1. The van der Waals surface area contributed by atoms with Gasteiger partial charge in [0.2, 0.25) is 0 Å². The molecule has 0 amide bonds. The standard InChI is InChI=1S/C11H14ClNO2S/c1-16-7-3-6-15-11(14)10-8(12)4-2-5-9(10)13/h2,4-5H,3,6-7,13H2,1H3. The molecule has 1 rings (SSSR count). The number of rotatable bonds is 5. The van der Waals surface area contributed by atoms with Crippen molar-refractivity contribution in [1.82, 2.24) is 0 Å². The molecule has 0 radical (unpaired) electrons. The first-order chi connectivity index (χ1) is 7.66. The van der Waals surface area contributed by atoms with Crippen molar-refractivity contribution in [2.24, 2.45) is 0 Å². The summed E-state index contributed by atoms with van der Waals surface area (Å²) in [6.45, 7) is 0.393. The molecule has 0 saturated heterocycles. The fourth-order valence-electron chi connectivity index (χ4n) is 1.20. The Hall–Kier alpha value is -0.870. The van der Waals surface area contributed by atoms with E-state index in [4.69, 9.17) is 22.1 Å². The summed E-state index contributed by atoms with van der Waals surface area (Å²) in [4.78, 5) is 11.7. The lowest BCUT2D eigenvalue weighted by Crippen LogP contribution is -2.10. The molecule has 0 atom stereocenters. The summed E-state index contributed by atoms with van der Waals surface area (Å²) in [7, 11) is 0. The van der Waals surface area contributed by atoms with E-state index >= 15 is 0 Å². The highest BCUT2D eigenvalue weighted by molar-refractivity contribution is 7.98. The highest BCUT2D eigenvalue weighted by Crippen LogP contribution is 2.22. The van der Waals surface area contributed by atoms with Gasteiger partial charge in [0, 0.05) is 5.69 Å². The van der Waals surface area contributed by atoms with Gasteiger partial charge in [-0.2, -0.15) is 11.8 Å². The topological polar surface area (TPSA) is 52.3 Å². The summed E-state index contributed by atoms with van der Waals surface area (Å²) < 4.78 is 5.08. The normalized spacial score (nSPS) is 10.1. The van der Waals surface area contributed by atoms with Crippen LogP contribution >= 0.6 is 23.4 Å². The maximum atomic E-state index is 11.7. The number of hydrogen-bond acceptors (Lipinski definition) is 4. The summed E-state index contributed by atoms with van der Waals surface area (Å²) in [6, 6.07) is 4.95. The summed E-state index contributed by atoms with van der Waals surface area (Å²) in [5, 5.41) is 0.329. The highest BCUT2D eigenvalue weighted by Gasteiger charge is 2.14. The predicted octanol–water partition coefficient (Wildman–Crippen LogP) is 2.83. The Balaban J connectivity index is 2.59. The first-order valence-electron chi connectivity index (χ1n) is 4.87.